The molecule has 0 saturated heterocycles. The molecular formula is C16H13F3O2. The minimum absolute atomic E-state index is 0.289. The molecule has 5 heteroatoms. The lowest BCUT2D eigenvalue weighted by molar-refractivity contribution is 0.197. The molecule has 0 aliphatic carbocycles. The van der Waals surface area contributed by atoms with Crippen molar-refractivity contribution in [3.05, 3.63) is 64.5 Å². The Morgan fingerprint density at radius 3 is 2.52 bits per heavy atom. The normalized spacial score (nSPS) is 15.2. The number of fused-ring (bicyclic) bond motifs is 1. The van der Waals surface area contributed by atoms with Crippen LogP contribution < -0.4 is 4.74 Å². The van der Waals surface area contributed by atoms with E-state index in [-0.39, 0.29) is 5.56 Å². The summed E-state index contributed by atoms with van der Waals surface area (Å²) in [4.78, 5) is 0. The van der Waals surface area contributed by atoms with Crippen LogP contribution in [-0.2, 0) is 6.42 Å². The van der Waals surface area contributed by atoms with Crippen LogP contribution in [0.1, 0.15) is 29.2 Å². The lowest BCUT2D eigenvalue weighted by atomic mass is 9.95. The lowest BCUT2D eigenvalue weighted by Crippen LogP contribution is -2.14. The van der Waals surface area contributed by atoms with Crippen LogP contribution in [-0.4, -0.2) is 11.7 Å². The highest BCUT2D eigenvalue weighted by Crippen LogP contribution is 2.37. The standard InChI is InChI=1S/C16H13F3O2/c17-10-7-12(18)14(13(19)8-10)15(20)11-5-1-3-9-4-2-6-21-16(9)11/h1,3,5,7-8,15,20H,2,4,6H2. The molecule has 1 aliphatic heterocycles. The van der Waals surface area contributed by atoms with Gasteiger partial charge in [0.05, 0.1) is 12.2 Å². The van der Waals surface area contributed by atoms with E-state index in [1.54, 1.807) is 12.1 Å². The average molecular weight is 294 g/mol. The lowest BCUT2D eigenvalue weighted by Gasteiger charge is -2.23. The Kier molecular flexibility index (Phi) is 3.59. The fourth-order valence-corrected chi connectivity index (χ4v) is 2.60. The van der Waals surface area contributed by atoms with Gasteiger partial charge < -0.3 is 9.84 Å². The number of aryl methyl sites for hydroxylation is 1. The molecule has 0 radical (unpaired) electrons. The van der Waals surface area contributed by atoms with Crippen molar-refractivity contribution >= 4 is 0 Å². The van der Waals surface area contributed by atoms with Gasteiger partial charge in [0.1, 0.15) is 29.3 Å². The molecule has 2 aromatic rings. The molecule has 0 aromatic heterocycles. The molecule has 1 atom stereocenters. The summed E-state index contributed by atoms with van der Waals surface area (Å²) < 4.78 is 46.1. The van der Waals surface area contributed by atoms with Gasteiger partial charge in [-0.1, -0.05) is 18.2 Å². The molecule has 2 nitrogen and oxygen atoms in total. The van der Waals surface area contributed by atoms with Crippen molar-refractivity contribution in [3.63, 3.8) is 0 Å². The van der Waals surface area contributed by atoms with Crippen molar-refractivity contribution in [2.75, 3.05) is 6.61 Å². The number of para-hydroxylation sites is 1. The molecule has 2 aromatic carbocycles. The highest BCUT2D eigenvalue weighted by molar-refractivity contribution is 5.47. The summed E-state index contributed by atoms with van der Waals surface area (Å²) in [5.74, 6) is -2.80. The minimum Gasteiger partial charge on any atom is -0.493 e. The largest absolute Gasteiger partial charge is 0.493 e. The molecule has 0 saturated carbocycles. The highest BCUT2D eigenvalue weighted by Gasteiger charge is 2.26. The Morgan fingerprint density at radius 2 is 1.81 bits per heavy atom. The van der Waals surface area contributed by atoms with Crippen LogP contribution in [0.25, 0.3) is 0 Å². The molecule has 3 rings (SSSR count). The van der Waals surface area contributed by atoms with Gasteiger partial charge in [-0.2, -0.15) is 0 Å². The maximum Gasteiger partial charge on any atom is 0.135 e. The molecule has 1 unspecified atom stereocenters. The summed E-state index contributed by atoms with van der Waals surface area (Å²) in [5.41, 5.74) is 0.608. The summed E-state index contributed by atoms with van der Waals surface area (Å²) in [7, 11) is 0. The molecule has 0 fully saturated rings. The van der Waals surface area contributed by atoms with E-state index in [0.29, 0.717) is 24.5 Å². The Bertz CT molecular complexity index is 662. The molecule has 1 aliphatic rings. The monoisotopic (exact) mass is 294 g/mol. The summed E-state index contributed by atoms with van der Waals surface area (Å²) in [5, 5.41) is 10.3. The average Bonchev–Trinajstić information content (AvgIpc) is 2.45. The SMILES string of the molecule is OC(c1cccc2c1OCCC2)c1c(F)cc(F)cc1F. The van der Waals surface area contributed by atoms with Crippen molar-refractivity contribution in [3.8, 4) is 5.75 Å². The summed E-state index contributed by atoms with van der Waals surface area (Å²) >= 11 is 0. The maximum atomic E-state index is 13.8. The van der Waals surface area contributed by atoms with E-state index in [2.05, 4.69) is 0 Å². The number of aliphatic hydroxyl groups is 1. The van der Waals surface area contributed by atoms with Crippen molar-refractivity contribution in [2.24, 2.45) is 0 Å². The Balaban J connectivity index is 2.09. The maximum absolute atomic E-state index is 13.8. The van der Waals surface area contributed by atoms with E-state index < -0.39 is 29.1 Å². The second-order valence-corrected chi connectivity index (χ2v) is 4.97. The molecule has 110 valence electrons. The van der Waals surface area contributed by atoms with E-state index in [9.17, 15) is 18.3 Å². The number of halogens is 3. The van der Waals surface area contributed by atoms with Crippen molar-refractivity contribution in [1.29, 1.82) is 0 Å². The van der Waals surface area contributed by atoms with Gasteiger partial charge in [0.15, 0.2) is 0 Å². The predicted octanol–water partition coefficient (Wildman–Crippen LogP) is 3.51. The van der Waals surface area contributed by atoms with Crippen LogP contribution in [0.3, 0.4) is 0 Å². The van der Waals surface area contributed by atoms with Gasteiger partial charge in [0, 0.05) is 17.7 Å². The second kappa shape index (κ2) is 5.41. The third-order valence-corrected chi connectivity index (χ3v) is 3.58. The summed E-state index contributed by atoms with van der Waals surface area (Å²) in [6, 6.07) is 6.21. The number of hydrogen-bond acceptors (Lipinski definition) is 2. The van der Waals surface area contributed by atoms with Crippen LogP contribution in [0, 0.1) is 17.5 Å². The summed E-state index contributed by atoms with van der Waals surface area (Å²) in [6.07, 6.45) is 0.0921. The zero-order valence-corrected chi connectivity index (χ0v) is 11.1. The number of aliphatic hydroxyl groups excluding tert-OH is 1. The topological polar surface area (TPSA) is 29.5 Å². The zero-order valence-electron chi connectivity index (χ0n) is 11.1. The number of rotatable bonds is 2. The third-order valence-electron chi connectivity index (χ3n) is 3.58. The first-order valence-corrected chi connectivity index (χ1v) is 6.65. The van der Waals surface area contributed by atoms with E-state index in [1.807, 2.05) is 6.07 Å². The fraction of sp³-hybridized carbons (Fsp3) is 0.250. The Labute approximate surface area is 119 Å². The third kappa shape index (κ3) is 2.49. The van der Waals surface area contributed by atoms with Gasteiger partial charge in [0.25, 0.3) is 0 Å². The molecule has 1 N–H and O–H groups in total. The van der Waals surface area contributed by atoms with Crippen LogP contribution in [0.2, 0.25) is 0 Å². The first-order chi connectivity index (χ1) is 10.1. The Morgan fingerprint density at radius 1 is 1.10 bits per heavy atom. The van der Waals surface area contributed by atoms with Gasteiger partial charge in [0.2, 0.25) is 0 Å². The summed E-state index contributed by atoms with van der Waals surface area (Å²) in [6.45, 7) is 0.491. The molecule has 0 spiro atoms. The van der Waals surface area contributed by atoms with Gasteiger partial charge >= 0.3 is 0 Å². The number of ether oxygens (including phenoxy) is 1. The first-order valence-electron chi connectivity index (χ1n) is 6.65. The van der Waals surface area contributed by atoms with Crippen molar-refractivity contribution < 1.29 is 23.0 Å². The highest BCUT2D eigenvalue weighted by atomic mass is 19.1. The van der Waals surface area contributed by atoms with Crippen molar-refractivity contribution in [2.45, 2.75) is 18.9 Å². The zero-order chi connectivity index (χ0) is 15.0. The Hall–Kier alpha value is -2.01. The van der Waals surface area contributed by atoms with Gasteiger partial charge in [-0.05, 0) is 18.4 Å². The van der Waals surface area contributed by atoms with Crippen LogP contribution in [0.5, 0.6) is 5.75 Å². The molecular weight excluding hydrogens is 281 g/mol. The van der Waals surface area contributed by atoms with Crippen molar-refractivity contribution in [1.82, 2.24) is 0 Å². The minimum atomic E-state index is -1.54. The van der Waals surface area contributed by atoms with E-state index in [0.717, 1.165) is 18.4 Å². The second-order valence-electron chi connectivity index (χ2n) is 4.97. The van der Waals surface area contributed by atoms with Crippen LogP contribution in [0.4, 0.5) is 13.2 Å². The molecule has 0 bridgehead atoms. The fourth-order valence-electron chi connectivity index (χ4n) is 2.60. The number of benzene rings is 2. The van der Waals surface area contributed by atoms with Gasteiger partial charge in [-0.3, -0.25) is 0 Å². The molecule has 0 amide bonds. The van der Waals surface area contributed by atoms with E-state index >= 15 is 0 Å². The first kappa shape index (κ1) is 13.9. The van der Waals surface area contributed by atoms with Gasteiger partial charge in [-0.25, -0.2) is 13.2 Å². The molecule has 21 heavy (non-hydrogen) atoms. The smallest absolute Gasteiger partial charge is 0.135 e. The predicted molar refractivity (Wildman–Crippen MR) is 70.6 cm³/mol. The molecule has 1 heterocycles. The number of hydrogen-bond donors (Lipinski definition) is 1. The van der Waals surface area contributed by atoms with Crippen LogP contribution >= 0.6 is 0 Å². The van der Waals surface area contributed by atoms with Crippen LogP contribution in [0.15, 0.2) is 30.3 Å². The van der Waals surface area contributed by atoms with E-state index in [1.165, 1.54) is 0 Å². The van der Waals surface area contributed by atoms with E-state index in [4.69, 9.17) is 4.74 Å². The quantitative estimate of drug-likeness (QED) is 0.918. The van der Waals surface area contributed by atoms with Gasteiger partial charge in [-0.15, -0.1) is 0 Å².